The molecule has 0 aliphatic heterocycles. The predicted molar refractivity (Wildman–Crippen MR) is 66.5 cm³/mol. The highest BCUT2D eigenvalue weighted by molar-refractivity contribution is 7.89. The van der Waals surface area contributed by atoms with E-state index >= 15 is 0 Å². The van der Waals surface area contributed by atoms with Crippen LogP contribution in [0, 0.1) is 0 Å². The SMILES string of the molecule is O=C(O)CNS(=O)(=O)c1ccc2c(c1)C(=O)CCC2. The van der Waals surface area contributed by atoms with Crippen molar-refractivity contribution in [1.29, 1.82) is 0 Å². The summed E-state index contributed by atoms with van der Waals surface area (Å²) in [7, 11) is -3.90. The number of Topliss-reactive ketones (excluding diaryl/α,β-unsaturated/α-hetero) is 1. The first-order chi connectivity index (χ1) is 8.90. The Balaban J connectivity index is 2.33. The number of nitrogens with one attached hydrogen (secondary N) is 1. The molecular formula is C12H13NO5S. The van der Waals surface area contributed by atoms with E-state index in [0.717, 1.165) is 18.4 Å². The number of carboxylic acid groups (broad SMARTS) is 1. The zero-order valence-electron chi connectivity index (χ0n) is 10.0. The van der Waals surface area contributed by atoms with E-state index < -0.39 is 22.5 Å². The molecule has 7 heteroatoms. The molecule has 0 spiro atoms. The van der Waals surface area contributed by atoms with Crippen LogP contribution in [0.15, 0.2) is 23.1 Å². The van der Waals surface area contributed by atoms with Crippen LogP contribution >= 0.6 is 0 Å². The molecule has 102 valence electrons. The van der Waals surface area contributed by atoms with E-state index in [-0.39, 0.29) is 10.7 Å². The van der Waals surface area contributed by atoms with Gasteiger partial charge in [-0.25, -0.2) is 8.42 Å². The van der Waals surface area contributed by atoms with Gasteiger partial charge in [-0.1, -0.05) is 6.07 Å². The van der Waals surface area contributed by atoms with E-state index in [4.69, 9.17) is 5.11 Å². The third-order valence-electron chi connectivity index (χ3n) is 2.96. The second-order valence-electron chi connectivity index (χ2n) is 4.31. The first kappa shape index (κ1) is 13.7. The van der Waals surface area contributed by atoms with Crippen LogP contribution in [-0.2, 0) is 21.2 Å². The summed E-state index contributed by atoms with van der Waals surface area (Å²) < 4.78 is 25.6. The minimum absolute atomic E-state index is 0.0727. The number of ketones is 1. The summed E-state index contributed by atoms with van der Waals surface area (Å²) in [5.41, 5.74) is 1.26. The highest BCUT2D eigenvalue weighted by atomic mass is 32.2. The molecule has 0 aromatic heterocycles. The van der Waals surface area contributed by atoms with Gasteiger partial charge >= 0.3 is 5.97 Å². The van der Waals surface area contributed by atoms with Crippen molar-refractivity contribution in [1.82, 2.24) is 4.72 Å². The smallest absolute Gasteiger partial charge is 0.318 e. The van der Waals surface area contributed by atoms with E-state index in [1.807, 2.05) is 4.72 Å². The van der Waals surface area contributed by atoms with Crippen LogP contribution in [0.25, 0.3) is 0 Å². The zero-order chi connectivity index (χ0) is 14.0. The van der Waals surface area contributed by atoms with Crippen LogP contribution in [0.3, 0.4) is 0 Å². The quantitative estimate of drug-likeness (QED) is 0.841. The van der Waals surface area contributed by atoms with Crippen LogP contribution in [-0.4, -0.2) is 31.8 Å². The van der Waals surface area contributed by atoms with E-state index in [2.05, 4.69) is 0 Å². The van der Waals surface area contributed by atoms with Crippen LogP contribution in [0.4, 0.5) is 0 Å². The molecular weight excluding hydrogens is 270 g/mol. The number of carbonyl (C=O) groups excluding carboxylic acids is 1. The van der Waals surface area contributed by atoms with Gasteiger partial charge in [0.05, 0.1) is 4.90 Å². The predicted octanol–water partition coefficient (Wildman–Crippen LogP) is 0.569. The standard InChI is InChI=1S/C12H13NO5S/c14-11-3-1-2-8-4-5-9(6-10(8)11)19(17,18)13-7-12(15)16/h4-6,13H,1-3,7H2,(H,15,16). The lowest BCUT2D eigenvalue weighted by atomic mass is 9.91. The molecule has 0 heterocycles. The van der Waals surface area contributed by atoms with Gasteiger partial charge in [-0.15, -0.1) is 0 Å². The Morgan fingerprint density at radius 1 is 1.32 bits per heavy atom. The van der Waals surface area contributed by atoms with Crippen LogP contribution < -0.4 is 4.72 Å². The highest BCUT2D eigenvalue weighted by Gasteiger charge is 2.21. The number of hydrogen-bond donors (Lipinski definition) is 2. The Morgan fingerprint density at radius 2 is 2.05 bits per heavy atom. The second-order valence-corrected chi connectivity index (χ2v) is 6.08. The molecule has 1 aliphatic rings. The van der Waals surface area contributed by atoms with Crippen LogP contribution in [0.2, 0.25) is 0 Å². The maximum atomic E-state index is 11.8. The van der Waals surface area contributed by atoms with Crippen LogP contribution in [0.5, 0.6) is 0 Å². The van der Waals surface area contributed by atoms with E-state index in [0.29, 0.717) is 12.0 Å². The first-order valence-corrected chi connectivity index (χ1v) is 7.26. The molecule has 19 heavy (non-hydrogen) atoms. The van der Waals surface area contributed by atoms with Crippen molar-refractivity contribution in [3.8, 4) is 0 Å². The fourth-order valence-electron chi connectivity index (χ4n) is 2.01. The Labute approximate surface area is 110 Å². The van der Waals surface area contributed by atoms with Crippen molar-refractivity contribution in [2.45, 2.75) is 24.2 Å². The number of fused-ring (bicyclic) bond motifs is 1. The average molecular weight is 283 g/mol. The second kappa shape index (κ2) is 5.10. The maximum Gasteiger partial charge on any atom is 0.318 e. The molecule has 1 aromatic rings. The summed E-state index contributed by atoms with van der Waals surface area (Å²) in [5.74, 6) is -1.34. The van der Waals surface area contributed by atoms with Crippen molar-refractivity contribution in [2.75, 3.05) is 6.54 Å². The molecule has 1 aromatic carbocycles. The Bertz CT molecular complexity index is 636. The molecule has 0 fully saturated rings. The number of aliphatic carboxylic acids is 1. The summed E-state index contributed by atoms with van der Waals surface area (Å²) in [4.78, 5) is 22.0. The van der Waals surface area contributed by atoms with Gasteiger partial charge in [0.2, 0.25) is 10.0 Å². The van der Waals surface area contributed by atoms with Crippen molar-refractivity contribution >= 4 is 21.8 Å². The molecule has 0 radical (unpaired) electrons. The fourth-order valence-corrected chi connectivity index (χ4v) is 3.01. The summed E-state index contributed by atoms with van der Waals surface area (Å²) in [6.07, 6.45) is 1.94. The topological polar surface area (TPSA) is 101 Å². The van der Waals surface area contributed by atoms with E-state index in [9.17, 15) is 18.0 Å². The third kappa shape index (κ3) is 2.99. The van der Waals surface area contributed by atoms with E-state index in [1.54, 1.807) is 6.07 Å². The van der Waals surface area contributed by atoms with Crippen molar-refractivity contribution in [3.63, 3.8) is 0 Å². The van der Waals surface area contributed by atoms with Crippen LogP contribution in [0.1, 0.15) is 28.8 Å². The minimum Gasteiger partial charge on any atom is -0.480 e. The number of rotatable bonds is 4. The first-order valence-electron chi connectivity index (χ1n) is 5.78. The lowest BCUT2D eigenvalue weighted by Crippen LogP contribution is -2.29. The molecule has 0 unspecified atom stereocenters. The summed E-state index contributed by atoms with van der Waals surface area (Å²) in [6, 6.07) is 4.32. The Morgan fingerprint density at radius 3 is 2.74 bits per heavy atom. The van der Waals surface area contributed by atoms with Gasteiger partial charge in [0.15, 0.2) is 5.78 Å². The lowest BCUT2D eigenvalue weighted by Gasteiger charge is -2.15. The summed E-state index contributed by atoms with van der Waals surface area (Å²) in [6.45, 7) is -0.687. The Kier molecular flexibility index (Phi) is 3.68. The summed E-state index contributed by atoms with van der Waals surface area (Å²) >= 11 is 0. The van der Waals surface area contributed by atoms with Crippen molar-refractivity contribution < 1.29 is 23.1 Å². The largest absolute Gasteiger partial charge is 0.480 e. The minimum atomic E-state index is -3.90. The van der Waals surface area contributed by atoms with Gasteiger partial charge in [0, 0.05) is 12.0 Å². The molecule has 0 bridgehead atoms. The van der Waals surface area contributed by atoms with Gasteiger partial charge in [-0.05, 0) is 30.5 Å². The molecule has 0 atom stereocenters. The van der Waals surface area contributed by atoms with Crippen molar-refractivity contribution in [3.05, 3.63) is 29.3 Å². The fraction of sp³-hybridized carbons (Fsp3) is 0.333. The van der Waals surface area contributed by atoms with Gasteiger partial charge in [0.1, 0.15) is 6.54 Å². The lowest BCUT2D eigenvalue weighted by molar-refractivity contribution is -0.135. The number of aryl methyl sites for hydroxylation is 1. The molecule has 2 N–H and O–H groups in total. The van der Waals surface area contributed by atoms with Gasteiger partial charge in [-0.2, -0.15) is 4.72 Å². The monoisotopic (exact) mass is 283 g/mol. The number of carboxylic acids is 1. The summed E-state index contributed by atoms with van der Waals surface area (Å²) in [5, 5.41) is 8.48. The average Bonchev–Trinajstić information content (AvgIpc) is 2.37. The molecule has 2 rings (SSSR count). The van der Waals surface area contributed by atoms with Gasteiger partial charge < -0.3 is 5.11 Å². The number of sulfonamides is 1. The normalized spacial score (nSPS) is 15.1. The molecule has 0 saturated carbocycles. The number of carbonyl (C=O) groups is 2. The molecule has 0 saturated heterocycles. The van der Waals surface area contributed by atoms with Gasteiger partial charge in [0.25, 0.3) is 0 Å². The molecule has 6 nitrogen and oxygen atoms in total. The van der Waals surface area contributed by atoms with E-state index in [1.165, 1.54) is 12.1 Å². The zero-order valence-corrected chi connectivity index (χ0v) is 10.9. The molecule has 1 aliphatic carbocycles. The highest BCUT2D eigenvalue weighted by Crippen LogP contribution is 2.24. The number of benzene rings is 1. The van der Waals surface area contributed by atoms with Gasteiger partial charge in [-0.3, -0.25) is 9.59 Å². The maximum absolute atomic E-state index is 11.8. The van der Waals surface area contributed by atoms with Crippen molar-refractivity contribution in [2.24, 2.45) is 0 Å². The third-order valence-corrected chi connectivity index (χ3v) is 4.35. The number of hydrogen-bond acceptors (Lipinski definition) is 4. The Hall–Kier alpha value is -1.73. The molecule has 0 amide bonds.